The molecule has 1 N–H and O–H groups in total. The van der Waals surface area contributed by atoms with Gasteiger partial charge in [-0.15, -0.1) is 0 Å². The minimum Gasteiger partial charge on any atom is -0.459 e. The number of hydrogen-bond acceptors (Lipinski definition) is 4. The molecule has 1 aromatic heterocycles. The van der Waals surface area contributed by atoms with Crippen LogP contribution >= 0.6 is 0 Å². The molecule has 0 bridgehead atoms. The molecule has 142 valence electrons. The highest BCUT2D eigenvalue weighted by molar-refractivity contribution is 5.97. The average molecular weight is 369 g/mol. The Hall–Kier alpha value is -3.09. The number of carbonyl (C=O) groups is 3. The topological polar surface area (TPSA) is 82.9 Å². The second kappa shape index (κ2) is 8.53. The van der Waals surface area contributed by atoms with E-state index in [1.54, 1.807) is 21.9 Å². The van der Waals surface area contributed by atoms with Crippen LogP contribution in [0.15, 0.2) is 47.1 Å². The molecule has 0 aliphatic carbocycles. The number of nitrogens with zero attached hydrogens (tertiary/aromatic N) is 2. The van der Waals surface area contributed by atoms with Crippen molar-refractivity contribution in [1.82, 2.24) is 15.1 Å². The van der Waals surface area contributed by atoms with E-state index in [0.717, 1.165) is 11.1 Å². The van der Waals surface area contributed by atoms with E-state index in [1.807, 2.05) is 31.2 Å². The lowest BCUT2D eigenvalue weighted by Gasteiger charge is -2.34. The Balaban J connectivity index is 1.42. The number of piperazine rings is 1. The van der Waals surface area contributed by atoms with Crippen LogP contribution in [0.5, 0.6) is 0 Å². The quantitative estimate of drug-likeness (QED) is 0.811. The zero-order valence-corrected chi connectivity index (χ0v) is 15.3. The molecule has 0 spiro atoms. The normalized spacial score (nSPS) is 14.1. The first kappa shape index (κ1) is 18.7. The Bertz CT molecular complexity index is 808. The van der Waals surface area contributed by atoms with Crippen molar-refractivity contribution in [3.8, 4) is 0 Å². The molecule has 2 aromatic rings. The van der Waals surface area contributed by atoms with E-state index in [1.165, 1.54) is 6.26 Å². The summed E-state index contributed by atoms with van der Waals surface area (Å²) in [5, 5.41) is 2.78. The summed E-state index contributed by atoms with van der Waals surface area (Å²) in [5.41, 5.74) is 2.13. The molecule has 7 nitrogen and oxygen atoms in total. The minimum atomic E-state index is -0.296. The van der Waals surface area contributed by atoms with Crippen molar-refractivity contribution in [2.45, 2.75) is 19.9 Å². The molecule has 27 heavy (non-hydrogen) atoms. The van der Waals surface area contributed by atoms with Gasteiger partial charge in [-0.2, -0.15) is 0 Å². The largest absolute Gasteiger partial charge is 0.459 e. The molecule has 1 saturated heterocycles. The van der Waals surface area contributed by atoms with Crippen LogP contribution in [-0.2, 0) is 16.1 Å². The van der Waals surface area contributed by atoms with Gasteiger partial charge in [0.25, 0.3) is 5.91 Å². The molecule has 0 atom stereocenters. The van der Waals surface area contributed by atoms with Gasteiger partial charge < -0.3 is 19.5 Å². The molecule has 2 heterocycles. The van der Waals surface area contributed by atoms with Crippen LogP contribution in [-0.4, -0.2) is 53.7 Å². The van der Waals surface area contributed by atoms with E-state index in [9.17, 15) is 14.4 Å². The number of benzene rings is 1. The number of furan rings is 1. The predicted molar refractivity (Wildman–Crippen MR) is 98.8 cm³/mol. The summed E-state index contributed by atoms with van der Waals surface area (Å²) in [6, 6.07) is 11.2. The summed E-state index contributed by atoms with van der Waals surface area (Å²) in [6.45, 7) is 4.07. The fourth-order valence-corrected chi connectivity index (χ4v) is 3.05. The lowest BCUT2D eigenvalue weighted by molar-refractivity contribution is -0.137. The van der Waals surface area contributed by atoms with Crippen molar-refractivity contribution in [3.05, 3.63) is 59.5 Å². The maximum atomic E-state index is 12.3. The van der Waals surface area contributed by atoms with Gasteiger partial charge in [0.05, 0.1) is 6.26 Å². The average Bonchev–Trinajstić information content (AvgIpc) is 3.21. The number of nitrogens with one attached hydrogen (secondary N) is 1. The molecule has 0 saturated carbocycles. The van der Waals surface area contributed by atoms with Crippen molar-refractivity contribution in [3.63, 3.8) is 0 Å². The summed E-state index contributed by atoms with van der Waals surface area (Å²) in [5.74, 6) is -0.397. The molecular formula is C20H23N3O4. The first-order valence-electron chi connectivity index (χ1n) is 8.96. The van der Waals surface area contributed by atoms with Gasteiger partial charge in [-0.25, -0.2) is 0 Å². The number of hydrogen-bond donors (Lipinski definition) is 1. The van der Waals surface area contributed by atoms with Gasteiger partial charge in [0.15, 0.2) is 5.76 Å². The van der Waals surface area contributed by atoms with Gasteiger partial charge in [-0.1, -0.05) is 29.8 Å². The molecule has 3 rings (SSSR count). The van der Waals surface area contributed by atoms with E-state index in [0.29, 0.717) is 38.5 Å². The summed E-state index contributed by atoms with van der Waals surface area (Å²) in [7, 11) is 0. The van der Waals surface area contributed by atoms with Crippen molar-refractivity contribution in [2.24, 2.45) is 0 Å². The highest BCUT2D eigenvalue weighted by atomic mass is 16.3. The van der Waals surface area contributed by atoms with E-state index >= 15 is 0 Å². The van der Waals surface area contributed by atoms with Crippen LogP contribution in [0.4, 0.5) is 0 Å². The van der Waals surface area contributed by atoms with Gasteiger partial charge in [0, 0.05) is 32.7 Å². The fraction of sp³-hybridized carbons (Fsp3) is 0.350. The highest BCUT2D eigenvalue weighted by Gasteiger charge is 2.26. The second-order valence-corrected chi connectivity index (χ2v) is 6.59. The van der Waals surface area contributed by atoms with Gasteiger partial charge in [-0.3, -0.25) is 14.4 Å². The Morgan fingerprint density at radius 1 is 1.04 bits per heavy atom. The number of carbonyl (C=O) groups excluding carboxylic acids is 3. The Kier molecular flexibility index (Phi) is 5.90. The minimum absolute atomic E-state index is 0.178. The number of rotatable bonds is 5. The molecule has 1 fully saturated rings. The third-order valence-electron chi connectivity index (χ3n) is 4.54. The SMILES string of the molecule is Cc1cccc(CNC(=O)CC(=O)N2CCN(C(=O)c3ccco3)CC2)c1. The van der Waals surface area contributed by atoms with E-state index in [2.05, 4.69) is 5.32 Å². The van der Waals surface area contributed by atoms with E-state index in [-0.39, 0.29) is 24.1 Å². The van der Waals surface area contributed by atoms with Gasteiger partial charge >= 0.3 is 0 Å². The molecule has 1 aliphatic rings. The lowest BCUT2D eigenvalue weighted by atomic mass is 10.1. The van der Waals surface area contributed by atoms with Crippen LogP contribution < -0.4 is 5.32 Å². The Labute approximate surface area is 157 Å². The van der Waals surface area contributed by atoms with Crippen LogP contribution in [0.2, 0.25) is 0 Å². The monoisotopic (exact) mass is 369 g/mol. The van der Waals surface area contributed by atoms with Crippen LogP contribution in [0.3, 0.4) is 0 Å². The number of amides is 3. The van der Waals surface area contributed by atoms with Gasteiger partial charge in [0.2, 0.25) is 11.8 Å². The molecule has 1 aromatic carbocycles. The third kappa shape index (κ3) is 4.97. The first-order chi connectivity index (χ1) is 13.0. The Morgan fingerprint density at radius 3 is 2.44 bits per heavy atom. The summed E-state index contributed by atoms with van der Waals surface area (Å²) >= 11 is 0. The molecular weight excluding hydrogens is 346 g/mol. The zero-order valence-electron chi connectivity index (χ0n) is 15.3. The predicted octanol–water partition coefficient (Wildman–Crippen LogP) is 1.58. The third-order valence-corrected chi connectivity index (χ3v) is 4.54. The second-order valence-electron chi connectivity index (χ2n) is 6.59. The van der Waals surface area contributed by atoms with Gasteiger partial charge in [0.1, 0.15) is 6.42 Å². The van der Waals surface area contributed by atoms with Crippen LogP contribution in [0, 0.1) is 6.92 Å². The Morgan fingerprint density at radius 2 is 1.78 bits per heavy atom. The standard InChI is InChI=1S/C20H23N3O4/c1-15-4-2-5-16(12-15)14-21-18(24)13-19(25)22-7-9-23(10-8-22)20(26)17-6-3-11-27-17/h2-6,11-12H,7-10,13-14H2,1H3,(H,21,24). The highest BCUT2D eigenvalue weighted by Crippen LogP contribution is 2.10. The number of aryl methyl sites for hydroxylation is 1. The maximum absolute atomic E-state index is 12.3. The van der Waals surface area contributed by atoms with Crippen molar-refractivity contribution >= 4 is 17.7 Å². The maximum Gasteiger partial charge on any atom is 0.289 e. The molecule has 3 amide bonds. The van der Waals surface area contributed by atoms with Crippen molar-refractivity contribution in [1.29, 1.82) is 0 Å². The summed E-state index contributed by atoms with van der Waals surface area (Å²) < 4.78 is 5.12. The van der Waals surface area contributed by atoms with E-state index in [4.69, 9.17) is 4.42 Å². The van der Waals surface area contributed by atoms with Gasteiger partial charge in [-0.05, 0) is 24.6 Å². The molecule has 7 heteroatoms. The summed E-state index contributed by atoms with van der Waals surface area (Å²) in [6.07, 6.45) is 1.28. The lowest BCUT2D eigenvalue weighted by Crippen LogP contribution is -2.51. The molecule has 0 radical (unpaired) electrons. The summed E-state index contributed by atoms with van der Waals surface area (Å²) in [4.78, 5) is 39.9. The zero-order chi connectivity index (χ0) is 19.2. The smallest absolute Gasteiger partial charge is 0.289 e. The van der Waals surface area contributed by atoms with Crippen LogP contribution in [0.25, 0.3) is 0 Å². The molecule has 0 unspecified atom stereocenters. The van der Waals surface area contributed by atoms with E-state index < -0.39 is 0 Å². The van der Waals surface area contributed by atoms with Crippen molar-refractivity contribution in [2.75, 3.05) is 26.2 Å². The van der Waals surface area contributed by atoms with Crippen LogP contribution in [0.1, 0.15) is 28.1 Å². The molecule has 1 aliphatic heterocycles. The fourth-order valence-electron chi connectivity index (χ4n) is 3.05. The van der Waals surface area contributed by atoms with Crippen molar-refractivity contribution < 1.29 is 18.8 Å². The first-order valence-corrected chi connectivity index (χ1v) is 8.96.